The zero-order chi connectivity index (χ0) is 88.0. The third-order valence-electron chi connectivity index (χ3n) is 24.9. The van der Waals surface area contributed by atoms with E-state index in [1.165, 1.54) is 83.5 Å². The Bertz CT molecular complexity index is 5700. The lowest BCUT2D eigenvalue weighted by molar-refractivity contribution is 0.436. The van der Waals surface area contributed by atoms with E-state index in [0.29, 0.717) is 51.7 Å². The first-order chi connectivity index (χ1) is 60.5. The summed E-state index contributed by atoms with van der Waals surface area (Å²) in [6.45, 7) is 33.4. The standard InChI is InChI=1S/C117H108O9/c1-79-16-46-94(47-17-79)118-97-52-34-88(35-53-97)112(4,5)82-22-28-85(29-23-82)115(10,11)91-40-58-100(59-41-91)121-103-64-70-106(71-65-103)124-109-76-110(125-107-72-66-104(67-73-107)122-101-60-42-92(43-61-101)116(12,13)86-30-24-83(25-31-86)113(6,7)89-36-54-98(55-37-89)119-95-48-18-80(2)19-49-95)78-111(77-109)126-108-74-68-105(69-75-108)123-102-62-44-93(45-63-102)117(14,15)87-32-26-84(27-33-87)114(8,9)90-38-56-99(57-39-90)120-96-50-20-81(3)21-51-96/h16-78H,1-15H3. The summed E-state index contributed by atoms with van der Waals surface area (Å²) in [6.07, 6.45) is 0. The molecular weight excluding hydrogens is 1550 g/mol. The quantitative estimate of drug-likeness (QED) is 0.0437. The molecule has 0 aromatic heterocycles. The average Bonchev–Trinajstić information content (AvgIpc) is 0.785. The van der Waals surface area contributed by atoms with Crippen molar-refractivity contribution in [1.82, 2.24) is 0 Å². The summed E-state index contributed by atoms with van der Waals surface area (Å²) < 4.78 is 57.7. The van der Waals surface area contributed by atoms with E-state index in [1.54, 1.807) is 0 Å². The summed E-state index contributed by atoms with van der Waals surface area (Å²) >= 11 is 0. The number of ether oxygens (including phenoxy) is 9. The highest BCUT2D eigenvalue weighted by Crippen LogP contribution is 2.45. The van der Waals surface area contributed by atoms with Gasteiger partial charge < -0.3 is 42.6 Å². The van der Waals surface area contributed by atoms with Gasteiger partial charge >= 0.3 is 0 Å². The van der Waals surface area contributed by atoms with Crippen LogP contribution in [0.1, 0.15) is 167 Å². The van der Waals surface area contributed by atoms with E-state index in [9.17, 15) is 0 Å². The van der Waals surface area contributed by atoms with Crippen molar-refractivity contribution in [1.29, 1.82) is 0 Å². The monoisotopic (exact) mass is 1660 g/mol. The Kier molecular flexibility index (Phi) is 24.3. The van der Waals surface area contributed by atoms with Crippen LogP contribution >= 0.6 is 0 Å². The van der Waals surface area contributed by atoms with E-state index in [2.05, 4.69) is 322 Å². The van der Waals surface area contributed by atoms with Gasteiger partial charge in [0.05, 0.1) is 0 Å². The molecule has 9 heteroatoms. The molecule has 0 aliphatic rings. The maximum absolute atomic E-state index is 6.62. The second-order valence-corrected chi connectivity index (χ2v) is 36.0. The van der Waals surface area contributed by atoms with Gasteiger partial charge in [0.25, 0.3) is 0 Å². The maximum atomic E-state index is 6.62. The van der Waals surface area contributed by atoms with E-state index in [-0.39, 0.29) is 32.5 Å². The zero-order valence-electron chi connectivity index (χ0n) is 74.5. The summed E-state index contributed by atoms with van der Waals surface area (Å²) in [7, 11) is 0. The molecule has 0 bridgehead atoms. The first-order valence-corrected chi connectivity index (χ1v) is 43.2. The van der Waals surface area contributed by atoms with Crippen LogP contribution in [0.15, 0.2) is 382 Å². The Hall–Kier alpha value is -14.3. The maximum Gasteiger partial charge on any atom is 0.134 e. The molecule has 0 heterocycles. The van der Waals surface area contributed by atoms with E-state index < -0.39 is 0 Å². The molecule has 0 radical (unpaired) electrons. The van der Waals surface area contributed by atoms with Crippen molar-refractivity contribution < 1.29 is 42.6 Å². The summed E-state index contributed by atoms with van der Waals surface area (Å²) in [5.41, 5.74) is 16.6. The Labute approximate surface area is 743 Å². The van der Waals surface area contributed by atoms with Crippen LogP contribution in [0, 0.1) is 20.8 Å². The third-order valence-corrected chi connectivity index (χ3v) is 24.9. The number of rotatable bonds is 30. The van der Waals surface area contributed by atoms with Crippen molar-refractivity contribution in [2.75, 3.05) is 0 Å². The normalized spacial score (nSPS) is 11.9. The van der Waals surface area contributed by atoms with Crippen LogP contribution in [-0.4, -0.2) is 0 Å². The van der Waals surface area contributed by atoms with Crippen LogP contribution in [0.4, 0.5) is 0 Å². The first-order valence-electron chi connectivity index (χ1n) is 43.2. The molecule has 9 nitrogen and oxygen atoms in total. The van der Waals surface area contributed by atoms with Crippen molar-refractivity contribution in [3.63, 3.8) is 0 Å². The van der Waals surface area contributed by atoms with Gasteiger partial charge in [-0.15, -0.1) is 0 Å². The fourth-order valence-electron chi connectivity index (χ4n) is 16.0. The van der Waals surface area contributed by atoms with Crippen molar-refractivity contribution in [2.45, 2.75) is 136 Å². The lowest BCUT2D eigenvalue weighted by Gasteiger charge is -2.29. The van der Waals surface area contributed by atoms with Gasteiger partial charge in [-0.2, -0.15) is 0 Å². The van der Waals surface area contributed by atoms with Gasteiger partial charge in [-0.05, 0) is 270 Å². The summed E-state index contributed by atoms with van der Waals surface area (Å²) in [5, 5.41) is 0. The molecule has 630 valence electrons. The van der Waals surface area contributed by atoms with Crippen molar-refractivity contribution in [3.8, 4) is 103 Å². The Balaban J connectivity index is 0.569. The van der Waals surface area contributed by atoms with Crippen LogP contribution in [0.5, 0.6) is 103 Å². The molecule has 0 spiro atoms. The predicted molar refractivity (Wildman–Crippen MR) is 511 cm³/mol. The first kappa shape index (κ1) is 85.3. The van der Waals surface area contributed by atoms with Crippen LogP contribution in [0.3, 0.4) is 0 Å². The average molecular weight is 1660 g/mol. The van der Waals surface area contributed by atoms with Crippen LogP contribution in [0.2, 0.25) is 0 Å². The molecule has 0 unspecified atom stereocenters. The summed E-state index contributed by atoms with van der Waals surface area (Å²) in [6, 6.07) is 130. The largest absolute Gasteiger partial charge is 0.457 e. The fraction of sp³-hybridized carbons (Fsp3) is 0.179. The van der Waals surface area contributed by atoms with Crippen molar-refractivity contribution in [2.24, 2.45) is 0 Å². The molecule has 0 aliphatic heterocycles. The molecule has 0 saturated heterocycles. The van der Waals surface area contributed by atoms with Crippen LogP contribution in [0.25, 0.3) is 0 Å². The van der Waals surface area contributed by atoms with Crippen molar-refractivity contribution >= 4 is 0 Å². The minimum atomic E-state index is -0.277. The SMILES string of the molecule is Cc1ccc(Oc2ccc(C(C)(C)c3ccc(C(C)(C)c4ccc(Oc5ccc(Oc6cc(Oc7ccc(Oc8ccc(C(C)(C)c9ccc(C(C)(C)c%10ccc(Oc%11ccc(C)cc%11)cc%10)cc9)cc8)cc7)cc(Oc7ccc(Oc8ccc(C(C)(C)c9ccc(C(C)(C)c%10ccc(Oc%11ccc(C)cc%11)cc%10)cc9)cc8)cc7)c6)cc5)cc4)cc3)cc2)cc1. The molecule has 0 amide bonds. The van der Waals surface area contributed by atoms with Crippen molar-refractivity contribution in [3.05, 3.63) is 466 Å². The Morgan fingerprint density at radius 2 is 0.190 bits per heavy atom. The van der Waals surface area contributed by atoms with Gasteiger partial charge in [0.2, 0.25) is 0 Å². The molecule has 16 aromatic carbocycles. The molecule has 0 atom stereocenters. The highest BCUT2D eigenvalue weighted by Gasteiger charge is 2.32. The van der Waals surface area contributed by atoms with E-state index in [4.69, 9.17) is 42.6 Å². The minimum absolute atomic E-state index is 0.225. The topological polar surface area (TPSA) is 83.1 Å². The highest BCUT2D eigenvalue weighted by molar-refractivity contribution is 5.55. The molecule has 126 heavy (non-hydrogen) atoms. The van der Waals surface area contributed by atoms with E-state index >= 15 is 0 Å². The second-order valence-electron chi connectivity index (χ2n) is 36.0. The molecular formula is C117H108O9. The molecule has 0 N–H and O–H groups in total. The molecule has 0 fully saturated rings. The van der Waals surface area contributed by atoms with Crippen LogP contribution < -0.4 is 42.6 Å². The number of aryl methyl sites for hydroxylation is 3. The predicted octanol–water partition coefficient (Wildman–Crippen LogP) is 32.7. The molecule has 0 saturated carbocycles. The number of hydrogen-bond acceptors (Lipinski definition) is 9. The summed E-state index contributed by atoms with van der Waals surface area (Å²) in [5.74, 6) is 12.3. The Morgan fingerprint density at radius 3 is 0.302 bits per heavy atom. The third kappa shape index (κ3) is 19.8. The molecule has 0 aliphatic carbocycles. The summed E-state index contributed by atoms with van der Waals surface area (Å²) in [4.78, 5) is 0. The van der Waals surface area contributed by atoms with Gasteiger partial charge in [0.1, 0.15) is 103 Å². The molecule has 16 aromatic rings. The van der Waals surface area contributed by atoms with Gasteiger partial charge in [-0.3, -0.25) is 0 Å². The zero-order valence-corrected chi connectivity index (χ0v) is 74.5. The van der Waals surface area contributed by atoms with Gasteiger partial charge in [0, 0.05) is 50.7 Å². The highest BCUT2D eigenvalue weighted by atomic mass is 16.5. The molecule has 16 rings (SSSR count). The number of benzene rings is 16. The van der Waals surface area contributed by atoms with Crippen LogP contribution in [-0.2, 0) is 32.5 Å². The van der Waals surface area contributed by atoms with Gasteiger partial charge in [0.15, 0.2) is 0 Å². The van der Waals surface area contributed by atoms with Gasteiger partial charge in [-0.25, -0.2) is 0 Å². The number of hydrogen-bond donors (Lipinski definition) is 0. The lowest BCUT2D eigenvalue weighted by atomic mass is 9.74. The smallest absolute Gasteiger partial charge is 0.134 e. The van der Waals surface area contributed by atoms with E-state index in [1.807, 2.05) is 164 Å². The minimum Gasteiger partial charge on any atom is -0.457 e. The lowest BCUT2D eigenvalue weighted by Crippen LogP contribution is -2.21. The van der Waals surface area contributed by atoms with E-state index in [0.717, 1.165) is 51.7 Å². The second kappa shape index (κ2) is 35.9. The fourth-order valence-corrected chi connectivity index (χ4v) is 16.0. The van der Waals surface area contributed by atoms with Gasteiger partial charge in [-0.1, -0.05) is 282 Å². The Morgan fingerprint density at radius 1 is 0.111 bits per heavy atom.